The van der Waals surface area contributed by atoms with Crippen LogP contribution < -0.4 is 5.32 Å². The summed E-state index contributed by atoms with van der Waals surface area (Å²) >= 11 is 5.95. The first-order valence-electron chi connectivity index (χ1n) is 6.64. The zero-order valence-corrected chi connectivity index (χ0v) is 12.5. The highest BCUT2D eigenvalue weighted by molar-refractivity contribution is 6.30. The molecule has 0 bridgehead atoms. The molecule has 0 saturated carbocycles. The molecule has 106 valence electrons. The Bertz CT molecular complexity index is 435. The Labute approximate surface area is 119 Å². The first kappa shape index (κ1) is 14.5. The lowest BCUT2D eigenvalue weighted by Crippen LogP contribution is -2.42. The van der Waals surface area contributed by atoms with Crippen molar-refractivity contribution >= 4 is 17.4 Å². The van der Waals surface area contributed by atoms with Crippen LogP contribution in [0.5, 0.6) is 0 Å². The molecular formula is C13H21ClN4O. The van der Waals surface area contributed by atoms with E-state index in [1.807, 2.05) is 13.8 Å². The minimum Gasteiger partial charge on any atom is -0.379 e. The molecule has 1 aliphatic rings. The molecule has 19 heavy (non-hydrogen) atoms. The van der Waals surface area contributed by atoms with Gasteiger partial charge in [0.05, 0.1) is 13.2 Å². The Kier molecular flexibility index (Phi) is 4.96. The maximum atomic E-state index is 5.95. The predicted octanol–water partition coefficient (Wildman–Crippen LogP) is 1.88. The fourth-order valence-corrected chi connectivity index (χ4v) is 2.34. The molecule has 6 heteroatoms. The van der Waals surface area contributed by atoms with Crippen LogP contribution in [0.3, 0.4) is 0 Å². The number of halogens is 1. The smallest absolute Gasteiger partial charge is 0.155 e. The average molecular weight is 285 g/mol. The van der Waals surface area contributed by atoms with Crippen LogP contribution in [0.25, 0.3) is 0 Å². The van der Waals surface area contributed by atoms with E-state index in [2.05, 4.69) is 27.3 Å². The van der Waals surface area contributed by atoms with Crippen LogP contribution >= 0.6 is 11.6 Å². The Morgan fingerprint density at radius 2 is 1.95 bits per heavy atom. The van der Waals surface area contributed by atoms with Crippen molar-refractivity contribution in [1.29, 1.82) is 0 Å². The van der Waals surface area contributed by atoms with Crippen molar-refractivity contribution in [2.24, 2.45) is 0 Å². The lowest BCUT2D eigenvalue weighted by Gasteiger charge is -2.29. The molecule has 1 saturated heterocycles. The van der Waals surface area contributed by atoms with E-state index in [1.165, 1.54) is 0 Å². The number of ether oxygens (including phenoxy) is 1. The number of hydrogen-bond acceptors (Lipinski definition) is 5. The van der Waals surface area contributed by atoms with Crippen LogP contribution in [0.1, 0.15) is 18.1 Å². The second-order valence-electron chi connectivity index (χ2n) is 5.05. The Morgan fingerprint density at radius 1 is 1.26 bits per heavy atom. The van der Waals surface area contributed by atoms with Gasteiger partial charge in [0, 0.05) is 25.7 Å². The Balaban J connectivity index is 1.94. The first-order chi connectivity index (χ1) is 9.08. The maximum absolute atomic E-state index is 5.95. The molecule has 0 radical (unpaired) electrons. The number of nitrogens with zero attached hydrogens (tertiary/aromatic N) is 3. The molecule has 5 nitrogen and oxygen atoms in total. The molecule has 1 aromatic heterocycles. The number of morpholine rings is 1. The molecule has 1 aromatic rings. The van der Waals surface area contributed by atoms with E-state index in [4.69, 9.17) is 16.3 Å². The summed E-state index contributed by atoms with van der Waals surface area (Å²) in [6, 6.07) is 0.312. The van der Waals surface area contributed by atoms with Gasteiger partial charge in [-0.3, -0.25) is 4.90 Å². The standard InChI is InChI=1S/C13H21ClN4O/c1-9(8-18-4-6-19-7-5-18)15-13-11(3)10(2)12(14)16-17-13/h9H,4-8H2,1-3H3,(H,15,17). The summed E-state index contributed by atoms with van der Waals surface area (Å²) in [5.74, 6) is 0.822. The van der Waals surface area contributed by atoms with Crippen molar-refractivity contribution < 1.29 is 4.74 Å². The molecule has 1 aliphatic heterocycles. The van der Waals surface area contributed by atoms with E-state index in [0.717, 1.165) is 49.8 Å². The molecule has 1 unspecified atom stereocenters. The van der Waals surface area contributed by atoms with Gasteiger partial charge >= 0.3 is 0 Å². The summed E-state index contributed by atoms with van der Waals surface area (Å²) in [5, 5.41) is 12.0. The highest BCUT2D eigenvalue weighted by Gasteiger charge is 2.15. The van der Waals surface area contributed by atoms with Gasteiger partial charge in [-0.05, 0) is 31.9 Å². The van der Waals surface area contributed by atoms with E-state index in [0.29, 0.717) is 11.2 Å². The highest BCUT2D eigenvalue weighted by atomic mass is 35.5. The quantitative estimate of drug-likeness (QED) is 0.915. The predicted molar refractivity (Wildman–Crippen MR) is 76.9 cm³/mol. The number of hydrogen-bond donors (Lipinski definition) is 1. The zero-order valence-electron chi connectivity index (χ0n) is 11.7. The minimum absolute atomic E-state index is 0.312. The zero-order chi connectivity index (χ0) is 13.8. The molecule has 2 heterocycles. The van der Waals surface area contributed by atoms with Gasteiger partial charge in [-0.25, -0.2) is 0 Å². The second kappa shape index (κ2) is 6.50. The molecular weight excluding hydrogens is 264 g/mol. The average Bonchev–Trinajstić information content (AvgIpc) is 2.41. The van der Waals surface area contributed by atoms with E-state index in [-0.39, 0.29) is 0 Å². The SMILES string of the molecule is Cc1c(Cl)nnc(NC(C)CN2CCOCC2)c1C. The summed E-state index contributed by atoms with van der Waals surface area (Å²) in [4.78, 5) is 2.40. The Morgan fingerprint density at radius 3 is 2.63 bits per heavy atom. The summed E-state index contributed by atoms with van der Waals surface area (Å²) in [5.41, 5.74) is 2.05. The molecule has 1 N–H and O–H groups in total. The van der Waals surface area contributed by atoms with Gasteiger partial charge in [0.2, 0.25) is 0 Å². The van der Waals surface area contributed by atoms with Gasteiger partial charge in [-0.2, -0.15) is 0 Å². The number of nitrogens with one attached hydrogen (secondary N) is 1. The molecule has 0 aromatic carbocycles. The van der Waals surface area contributed by atoms with Crippen LogP contribution in [0, 0.1) is 13.8 Å². The third kappa shape index (κ3) is 3.78. The summed E-state index contributed by atoms with van der Waals surface area (Å²) in [7, 11) is 0. The van der Waals surface area contributed by atoms with Gasteiger partial charge in [-0.15, -0.1) is 10.2 Å². The first-order valence-corrected chi connectivity index (χ1v) is 7.01. The van der Waals surface area contributed by atoms with Crippen LogP contribution in [0.4, 0.5) is 5.82 Å². The van der Waals surface area contributed by atoms with Gasteiger partial charge in [0.25, 0.3) is 0 Å². The maximum Gasteiger partial charge on any atom is 0.155 e. The van der Waals surface area contributed by atoms with Gasteiger partial charge < -0.3 is 10.1 Å². The lowest BCUT2D eigenvalue weighted by molar-refractivity contribution is 0.0368. The molecule has 0 aliphatic carbocycles. The molecule has 2 rings (SSSR count). The molecule has 1 fully saturated rings. The summed E-state index contributed by atoms with van der Waals surface area (Å²) in [6.07, 6.45) is 0. The van der Waals surface area contributed by atoms with Crippen molar-refractivity contribution in [2.75, 3.05) is 38.2 Å². The van der Waals surface area contributed by atoms with Gasteiger partial charge in [-0.1, -0.05) is 11.6 Å². The lowest BCUT2D eigenvalue weighted by atomic mass is 10.2. The van der Waals surface area contributed by atoms with E-state index < -0.39 is 0 Å². The van der Waals surface area contributed by atoms with Crippen molar-refractivity contribution in [2.45, 2.75) is 26.8 Å². The fourth-order valence-electron chi connectivity index (χ4n) is 2.16. The minimum atomic E-state index is 0.312. The van der Waals surface area contributed by atoms with Gasteiger partial charge in [0.1, 0.15) is 0 Å². The van der Waals surface area contributed by atoms with E-state index in [1.54, 1.807) is 0 Å². The second-order valence-corrected chi connectivity index (χ2v) is 5.41. The van der Waals surface area contributed by atoms with E-state index in [9.17, 15) is 0 Å². The molecule has 0 spiro atoms. The molecule has 0 amide bonds. The Hall–Kier alpha value is -0.910. The third-order valence-corrected chi connectivity index (χ3v) is 3.84. The fraction of sp³-hybridized carbons (Fsp3) is 0.692. The van der Waals surface area contributed by atoms with Crippen molar-refractivity contribution in [1.82, 2.24) is 15.1 Å². The number of rotatable bonds is 4. The van der Waals surface area contributed by atoms with Crippen LogP contribution in [0.15, 0.2) is 0 Å². The monoisotopic (exact) mass is 284 g/mol. The number of aromatic nitrogens is 2. The highest BCUT2D eigenvalue weighted by Crippen LogP contribution is 2.21. The third-order valence-electron chi connectivity index (χ3n) is 3.48. The van der Waals surface area contributed by atoms with Crippen molar-refractivity contribution in [3.8, 4) is 0 Å². The van der Waals surface area contributed by atoms with Crippen molar-refractivity contribution in [3.63, 3.8) is 0 Å². The summed E-state index contributed by atoms with van der Waals surface area (Å²) < 4.78 is 5.35. The molecule has 1 atom stereocenters. The van der Waals surface area contributed by atoms with Crippen LogP contribution in [0.2, 0.25) is 5.15 Å². The van der Waals surface area contributed by atoms with E-state index >= 15 is 0 Å². The number of anilines is 1. The van der Waals surface area contributed by atoms with Crippen LogP contribution in [-0.2, 0) is 4.74 Å². The summed E-state index contributed by atoms with van der Waals surface area (Å²) in [6.45, 7) is 10.8. The van der Waals surface area contributed by atoms with Crippen LogP contribution in [-0.4, -0.2) is 54.0 Å². The van der Waals surface area contributed by atoms with Crippen molar-refractivity contribution in [3.05, 3.63) is 16.3 Å². The largest absolute Gasteiger partial charge is 0.379 e. The van der Waals surface area contributed by atoms with Gasteiger partial charge in [0.15, 0.2) is 11.0 Å². The topological polar surface area (TPSA) is 50.3 Å². The normalized spacial score (nSPS) is 18.3.